The van der Waals surface area contributed by atoms with Crippen molar-refractivity contribution in [1.82, 2.24) is 4.90 Å². The highest BCUT2D eigenvalue weighted by molar-refractivity contribution is 5.79. The monoisotopic (exact) mass is 270 g/mol. The summed E-state index contributed by atoms with van der Waals surface area (Å²) in [5.41, 5.74) is 5.87. The number of nitrogens with zero attached hydrogens (tertiary/aromatic N) is 1. The van der Waals surface area contributed by atoms with Gasteiger partial charge in [0.1, 0.15) is 11.6 Å². The van der Waals surface area contributed by atoms with E-state index >= 15 is 0 Å². The van der Waals surface area contributed by atoms with E-state index in [1.54, 1.807) is 7.05 Å². The molecule has 5 heteroatoms. The molecule has 1 aromatic carbocycles. The predicted molar refractivity (Wildman–Crippen MR) is 70.2 cm³/mol. The predicted octanol–water partition coefficient (Wildman–Crippen LogP) is 2.15. The van der Waals surface area contributed by atoms with Crippen LogP contribution in [0.5, 0.6) is 0 Å². The lowest BCUT2D eigenvalue weighted by Gasteiger charge is -2.25. The summed E-state index contributed by atoms with van der Waals surface area (Å²) in [7, 11) is 1.59. The number of nitrogens with two attached hydrogens (primary N) is 1. The minimum Gasteiger partial charge on any atom is -0.341 e. The van der Waals surface area contributed by atoms with E-state index in [-0.39, 0.29) is 36.4 Å². The molecule has 1 aromatic rings. The van der Waals surface area contributed by atoms with Gasteiger partial charge in [0.2, 0.25) is 5.91 Å². The summed E-state index contributed by atoms with van der Waals surface area (Å²) < 4.78 is 26.3. The van der Waals surface area contributed by atoms with Gasteiger partial charge in [0.05, 0.1) is 5.92 Å². The Bertz CT molecular complexity index is 449. The van der Waals surface area contributed by atoms with Crippen LogP contribution in [0.3, 0.4) is 0 Å². The highest BCUT2D eigenvalue weighted by atomic mass is 19.1. The van der Waals surface area contributed by atoms with E-state index in [1.165, 1.54) is 17.0 Å². The van der Waals surface area contributed by atoms with Gasteiger partial charge in [-0.05, 0) is 12.0 Å². The fourth-order valence-corrected chi connectivity index (χ4v) is 1.92. The Hall–Kier alpha value is -1.49. The van der Waals surface area contributed by atoms with E-state index in [0.717, 1.165) is 6.07 Å². The highest BCUT2D eigenvalue weighted by Gasteiger charge is 2.24. The summed E-state index contributed by atoms with van der Waals surface area (Å²) in [6, 6.07) is 3.34. The highest BCUT2D eigenvalue weighted by Crippen LogP contribution is 2.16. The van der Waals surface area contributed by atoms with Crippen LogP contribution in [0, 0.1) is 23.5 Å². The molecule has 0 saturated heterocycles. The van der Waals surface area contributed by atoms with Crippen LogP contribution in [0.15, 0.2) is 18.2 Å². The Morgan fingerprint density at radius 2 is 2.00 bits per heavy atom. The third kappa shape index (κ3) is 3.99. The maximum Gasteiger partial charge on any atom is 0.227 e. The van der Waals surface area contributed by atoms with Crippen molar-refractivity contribution in [2.75, 3.05) is 13.6 Å². The van der Waals surface area contributed by atoms with Gasteiger partial charge >= 0.3 is 0 Å². The molecule has 3 nitrogen and oxygen atoms in total. The lowest BCUT2D eigenvalue weighted by Crippen LogP contribution is -2.39. The Labute approximate surface area is 112 Å². The molecule has 0 aromatic heterocycles. The van der Waals surface area contributed by atoms with Crippen molar-refractivity contribution in [2.45, 2.75) is 20.4 Å². The largest absolute Gasteiger partial charge is 0.341 e. The number of hydrogen-bond donors (Lipinski definition) is 1. The summed E-state index contributed by atoms with van der Waals surface area (Å²) in [6.07, 6.45) is 0. The first kappa shape index (κ1) is 15.6. The van der Waals surface area contributed by atoms with Gasteiger partial charge in [-0.25, -0.2) is 8.78 Å². The molecule has 0 fully saturated rings. The lowest BCUT2D eigenvalue weighted by molar-refractivity contribution is -0.135. The van der Waals surface area contributed by atoms with E-state index in [1.807, 2.05) is 13.8 Å². The van der Waals surface area contributed by atoms with Crippen LogP contribution in [-0.4, -0.2) is 24.4 Å². The summed E-state index contributed by atoms with van der Waals surface area (Å²) in [5.74, 6) is -1.56. The summed E-state index contributed by atoms with van der Waals surface area (Å²) in [4.78, 5) is 13.6. The number of amides is 1. The van der Waals surface area contributed by atoms with Gasteiger partial charge in [-0.3, -0.25) is 4.79 Å². The van der Waals surface area contributed by atoms with E-state index < -0.39 is 11.6 Å². The normalized spacial score (nSPS) is 12.6. The SMILES string of the molecule is CC(C)C(CN)C(=O)N(C)Cc1ccc(F)cc1F. The molecule has 1 atom stereocenters. The molecule has 0 aliphatic rings. The van der Waals surface area contributed by atoms with Gasteiger partial charge in [-0.2, -0.15) is 0 Å². The number of carbonyl (C=O) groups is 1. The smallest absolute Gasteiger partial charge is 0.227 e. The van der Waals surface area contributed by atoms with Crippen LogP contribution in [0.1, 0.15) is 19.4 Å². The molecule has 19 heavy (non-hydrogen) atoms. The molecule has 0 saturated carbocycles. The van der Waals surface area contributed by atoms with Crippen LogP contribution in [-0.2, 0) is 11.3 Å². The first-order chi connectivity index (χ1) is 8.86. The number of rotatable bonds is 5. The second-order valence-electron chi connectivity index (χ2n) is 5.02. The summed E-state index contributed by atoms with van der Waals surface area (Å²) in [5, 5.41) is 0. The summed E-state index contributed by atoms with van der Waals surface area (Å²) >= 11 is 0. The van der Waals surface area contributed by atoms with Crippen LogP contribution >= 0.6 is 0 Å². The van der Waals surface area contributed by atoms with Crippen molar-refractivity contribution in [2.24, 2.45) is 17.6 Å². The number of benzene rings is 1. The first-order valence-electron chi connectivity index (χ1n) is 6.25. The van der Waals surface area contributed by atoms with Gasteiger partial charge in [0.15, 0.2) is 0 Å². The van der Waals surface area contributed by atoms with Crippen LogP contribution < -0.4 is 5.73 Å². The van der Waals surface area contributed by atoms with Gasteiger partial charge in [0.25, 0.3) is 0 Å². The zero-order valence-electron chi connectivity index (χ0n) is 11.5. The Morgan fingerprint density at radius 3 is 2.47 bits per heavy atom. The topological polar surface area (TPSA) is 46.3 Å². The number of hydrogen-bond acceptors (Lipinski definition) is 2. The molecule has 0 spiro atoms. The van der Waals surface area contributed by atoms with Gasteiger partial charge < -0.3 is 10.6 Å². The zero-order valence-corrected chi connectivity index (χ0v) is 11.5. The van der Waals surface area contributed by atoms with Crippen molar-refractivity contribution in [3.8, 4) is 0 Å². The Balaban J connectivity index is 2.78. The fraction of sp³-hybridized carbons (Fsp3) is 0.500. The van der Waals surface area contributed by atoms with E-state index in [2.05, 4.69) is 0 Å². The van der Waals surface area contributed by atoms with Crippen molar-refractivity contribution >= 4 is 5.91 Å². The molecule has 1 unspecified atom stereocenters. The maximum atomic E-state index is 13.5. The molecular weight excluding hydrogens is 250 g/mol. The second kappa shape index (κ2) is 6.61. The molecule has 1 rings (SSSR count). The molecule has 0 aliphatic heterocycles. The molecule has 0 aliphatic carbocycles. The number of halogens is 2. The third-order valence-corrected chi connectivity index (χ3v) is 3.17. The average molecular weight is 270 g/mol. The quantitative estimate of drug-likeness (QED) is 0.891. The fourth-order valence-electron chi connectivity index (χ4n) is 1.92. The minimum absolute atomic E-state index is 0.105. The van der Waals surface area contributed by atoms with E-state index in [9.17, 15) is 13.6 Å². The molecule has 0 radical (unpaired) electrons. The van der Waals surface area contributed by atoms with E-state index in [4.69, 9.17) is 5.73 Å². The van der Waals surface area contributed by atoms with Crippen molar-refractivity contribution in [3.63, 3.8) is 0 Å². The molecule has 2 N–H and O–H groups in total. The first-order valence-corrected chi connectivity index (χ1v) is 6.25. The van der Waals surface area contributed by atoms with Crippen LogP contribution in [0.25, 0.3) is 0 Å². The van der Waals surface area contributed by atoms with Crippen LogP contribution in [0.4, 0.5) is 8.78 Å². The van der Waals surface area contributed by atoms with Gasteiger partial charge in [0, 0.05) is 31.8 Å². The maximum absolute atomic E-state index is 13.5. The van der Waals surface area contributed by atoms with E-state index in [0.29, 0.717) is 0 Å². The molecule has 0 heterocycles. The lowest BCUT2D eigenvalue weighted by atomic mass is 9.94. The van der Waals surface area contributed by atoms with Gasteiger partial charge in [-0.15, -0.1) is 0 Å². The molecule has 0 bridgehead atoms. The van der Waals surface area contributed by atoms with Crippen molar-refractivity contribution in [3.05, 3.63) is 35.4 Å². The minimum atomic E-state index is -0.645. The summed E-state index contributed by atoms with van der Waals surface area (Å²) in [6.45, 7) is 4.20. The Kier molecular flexibility index (Phi) is 5.42. The molecule has 106 valence electrons. The Morgan fingerprint density at radius 1 is 1.37 bits per heavy atom. The zero-order chi connectivity index (χ0) is 14.6. The number of carbonyl (C=O) groups excluding carboxylic acids is 1. The third-order valence-electron chi connectivity index (χ3n) is 3.17. The average Bonchev–Trinajstić information content (AvgIpc) is 2.32. The molecular formula is C14H20F2N2O. The second-order valence-corrected chi connectivity index (χ2v) is 5.02. The standard InChI is InChI=1S/C14H20F2N2O/c1-9(2)12(7-17)14(19)18(3)8-10-4-5-11(15)6-13(10)16/h4-6,9,12H,7-8,17H2,1-3H3. The molecule has 1 amide bonds. The van der Waals surface area contributed by atoms with Crippen LogP contribution in [0.2, 0.25) is 0 Å². The van der Waals surface area contributed by atoms with Crippen molar-refractivity contribution < 1.29 is 13.6 Å². The van der Waals surface area contributed by atoms with Crippen molar-refractivity contribution in [1.29, 1.82) is 0 Å². The van der Waals surface area contributed by atoms with Gasteiger partial charge in [-0.1, -0.05) is 19.9 Å².